The van der Waals surface area contributed by atoms with Crippen molar-refractivity contribution in [2.75, 3.05) is 13.1 Å². The lowest BCUT2D eigenvalue weighted by Gasteiger charge is -2.37. The summed E-state index contributed by atoms with van der Waals surface area (Å²) in [7, 11) is 0. The maximum absolute atomic E-state index is 14.7. The highest BCUT2D eigenvalue weighted by atomic mass is 35.5. The molecule has 3 aromatic rings. The minimum absolute atomic E-state index is 0. The van der Waals surface area contributed by atoms with Gasteiger partial charge in [0.1, 0.15) is 5.82 Å². The van der Waals surface area contributed by atoms with Crippen molar-refractivity contribution in [3.8, 4) is 0 Å². The van der Waals surface area contributed by atoms with Gasteiger partial charge < -0.3 is 0 Å². The van der Waals surface area contributed by atoms with Gasteiger partial charge in [-0.2, -0.15) is 17.7 Å². The van der Waals surface area contributed by atoms with Crippen LogP contribution in [-0.2, 0) is 11.3 Å². The molecule has 0 amide bonds. The Morgan fingerprint density at radius 3 is 2.60 bits per heavy atom. The lowest BCUT2D eigenvalue weighted by Crippen LogP contribution is -2.42. The number of hydrogen-bond acceptors (Lipinski definition) is 5. The minimum Gasteiger partial charge on any atom is -0.297 e. The van der Waals surface area contributed by atoms with Gasteiger partial charge in [-0.25, -0.2) is 4.39 Å². The molecule has 5 rings (SSSR count). The highest BCUT2D eigenvalue weighted by Gasteiger charge is 2.40. The molecule has 2 aromatic heterocycles. The third kappa shape index (κ3) is 6.53. The van der Waals surface area contributed by atoms with Crippen LogP contribution in [0.2, 0.25) is 0 Å². The maximum Gasteiger partial charge on any atom is 0.157 e. The van der Waals surface area contributed by atoms with Gasteiger partial charge in [0.15, 0.2) is 5.78 Å². The van der Waals surface area contributed by atoms with E-state index in [9.17, 15) is 9.18 Å². The van der Waals surface area contributed by atoms with Crippen molar-refractivity contribution >= 4 is 49.3 Å². The SMILES string of the molecule is Cl.Cl.O=C(C1CC1)C(c1ccccc1F)N1CCC(S)C(=Cc2ccn(Cc3ccccn3)n2)C1. The van der Waals surface area contributed by atoms with Gasteiger partial charge >= 0.3 is 0 Å². The molecule has 1 aliphatic heterocycles. The summed E-state index contributed by atoms with van der Waals surface area (Å²) in [4.78, 5) is 19.7. The van der Waals surface area contributed by atoms with Gasteiger partial charge in [0.25, 0.3) is 0 Å². The summed E-state index contributed by atoms with van der Waals surface area (Å²) in [5.41, 5.74) is 3.36. The van der Waals surface area contributed by atoms with E-state index in [4.69, 9.17) is 12.6 Å². The quantitative estimate of drug-likeness (QED) is 0.411. The Labute approximate surface area is 223 Å². The molecule has 5 nitrogen and oxygen atoms in total. The van der Waals surface area contributed by atoms with Crippen molar-refractivity contribution in [3.05, 3.63) is 89.3 Å². The van der Waals surface area contributed by atoms with Crippen LogP contribution in [0.3, 0.4) is 0 Å². The summed E-state index contributed by atoms with van der Waals surface area (Å²) < 4.78 is 16.6. The van der Waals surface area contributed by atoms with E-state index >= 15 is 0 Å². The number of rotatable bonds is 7. The first-order valence-corrected chi connectivity index (χ1v) is 11.9. The van der Waals surface area contributed by atoms with Crippen LogP contribution in [0.1, 0.15) is 42.3 Å². The predicted molar refractivity (Wildman–Crippen MR) is 144 cm³/mol. The molecule has 3 heterocycles. The molecule has 1 saturated carbocycles. The molecule has 35 heavy (non-hydrogen) atoms. The summed E-state index contributed by atoms with van der Waals surface area (Å²) in [6, 6.07) is 13.9. The Morgan fingerprint density at radius 2 is 1.89 bits per heavy atom. The average molecular weight is 536 g/mol. The summed E-state index contributed by atoms with van der Waals surface area (Å²) >= 11 is 4.80. The molecule has 1 aromatic carbocycles. The first-order valence-electron chi connectivity index (χ1n) is 11.4. The number of piperidine rings is 1. The standard InChI is InChI=1S/C26H27FN4OS.2ClH/c27-23-7-2-1-6-22(23)25(26(32)18-8-9-18)30-13-11-24(33)19(16-30)15-20-10-14-31(29-20)17-21-5-3-4-12-28-21;;/h1-7,10,12,14-15,18,24-25,33H,8-9,11,13,16-17H2;2*1H. The molecule has 0 spiro atoms. The lowest BCUT2D eigenvalue weighted by molar-refractivity contribution is -0.126. The number of hydrogen-bond donors (Lipinski definition) is 1. The van der Waals surface area contributed by atoms with Crippen molar-refractivity contribution in [2.45, 2.75) is 37.1 Å². The van der Waals surface area contributed by atoms with Gasteiger partial charge in [-0.3, -0.25) is 19.4 Å². The van der Waals surface area contributed by atoms with E-state index in [-0.39, 0.29) is 47.6 Å². The molecule has 1 aliphatic carbocycles. The Hall–Kier alpha value is -2.19. The van der Waals surface area contributed by atoms with Crippen LogP contribution in [-0.4, -0.2) is 43.8 Å². The summed E-state index contributed by atoms with van der Waals surface area (Å²) in [5.74, 6) is -0.127. The summed E-state index contributed by atoms with van der Waals surface area (Å²) in [6.07, 6.45) is 8.38. The fourth-order valence-corrected chi connectivity index (χ4v) is 4.73. The lowest BCUT2D eigenvalue weighted by atomic mass is 9.93. The Kier molecular flexibility index (Phi) is 9.53. The summed E-state index contributed by atoms with van der Waals surface area (Å²) in [6.45, 7) is 1.88. The number of pyridine rings is 1. The number of likely N-dealkylation sites (tertiary alicyclic amines) is 1. The van der Waals surface area contributed by atoms with Crippen molar-refractivity contribution in [3.63, 3.8) is 0 Å². The van der Waals surface area contributed by atoms with Gasteiger partial charge in [0.2, 0.25) is 0 Å². The first kappa shape index (κ1) is 27.4. The zero-order chi connectivity index (χ0) is 22.8. The average Bonchev–Trinajstić information content (AvgIpc) is 3.59. The molecule has 0 N–H and O–H groups in total. The highest BCUT2D eigenvalue weighted by molar-refractivity contribution is 7.81. The smallest absolute Gasteiger partial charge is 0.157 e. The van der Waals surface area contributed by atoms with Gasteiger partial charge in [-0.1, -0.05) is 24.3 Å². The molecular formula is C26H29Cl2FN4OS. The van der Waals surface area contributed by atoms with Gasteiger partial charge in [0, 0.05) is 42.2 Å². The number of Topliss-reactive ketones (excluding diaryl/α,β-unsaturated/α-hetero) is 1. The third-order valence-corrected chi connectivity index (χ3v) is 6.95. The van der Waals surface area contributed by atoms with Crippen LogP contribution >= 0.6 is 37.4 Å². The van der Waals surface area contributed by atoms with E-state index in [0.717, 1.165) is 36.2 Å². The molecule has 9 heteroatoms. The topological polar surface area (TPSA) is 51.0 Å². The van der Waals surface area contributed by atoms with Crippen molar-refractivity contribution in [1.82, 2.24) is 19.7 Å². The van der Waals surface area contributed by atoms with Gasteiger partial charge in [-0.15, -0.1) is 24.8 Å². The number of halogens is 3. The van der Waals surface area contributed by atoms with Crippen LogP contribution in [0.5, 0.6) is 0 Å². The molecule has 0 bridgehead atoms. The number of benzene rings is 1. The summed E-state index contributed by atoms with van der Waals surface area (Å²) in [5, 5.41) is 4.75. The van der Waals surface area contributed by atoms with Gasteiger partial charge in [-0.05, 0) is 55.2 Å². The maximum atomic E-state index is 14.7. The Balaban J connectivity index is 0.00000171. The third-order valence-electron chi connectivity index (χ3n) is 6.36. The fraction of sp³-hybridized carbons (Fsp3) is 0.346. The Bertz CT molecular complexity index is 1170. The number of ketones is 1. The van der Waals surface area contributed by atoms with Crippen LogP contribution in [0.25, 0.3) is 6.08 Å². The second-order valence-corrected chi connectivity index (χ2v) is 9.48. The van der Waals surface area contributed by atoms with E-state index in [1.54, 1.807) is 18.3 Å². The molecule has 2 aliphatic rings. The molecule has 2 fully saturated rings. The van der Waals surface area contributed by atoms with Crippen molar-refractivity contribution in [2.24, 2.45) is 5.92 Å². The largest absolute Gasteiger partial charge is 0.297 e. The van der Waals surface area contributed by atoms with E-state index < -0.39 is 6.04 Å². The molecule has 186 valence electrons. The zero-order valence-corrected chi connectivity index (χ0v) is 21.7. The number of carbonyl (C=O) groups excluding carboxylic acids is 1. The highest BCUT2D eigenvalue weighted by Crippen LogP contribution is 2.39. The normalized spacial score (nSPS) is 20.1. The van der Waals surface area contributed by atoms with Crippen LogP contribution in [0.4, 0.5) is 4.39 Å². The Morgan fingerprint density at radius 1 is 1.11 bits per heavy atom. The van der Waals surface area contributed by atoms with Crippen LogP contribution in [0.15, 0.2) is 66.5 Å². The second-order valence-electron chi connectivity index (χ2n) is 8.85. The van der Waals surface area contributed by atoms with E-state index in [1.807, 2.05) is 41.2 Å². The monoisotopic (exact) mass is 534 g/mol. The van der Waals surface area contributed by atoms with Crippen molar-refractivity contribution in [1.29, 1.82) is 0 Å². The number of carbonyl (C=O) groups is 1. The van der Waals surface area contributed by atoms with E-state index in [2.05, 4.69) is 21.1 Å². The number of nitrogens with zero attached hydrogens (tertiary/aromatic N) is 4. The minimum atomic E-state index is -0.551. The molecule has 2 unspecified atom stereocenters. The molecule has 0 radical (unpaired) electrons. The number of aromatic nitrogens is 3. The van der Waals surface area contributed by atoms with Crippen LogP contribution < -0.4 is 0 Å². The fourth-order valence-electron chi connectivity index (χ4n) is 4.46. The zero-order valence-electron chi connectivity index (χ0n) is 19.2. The van der Waals surface area contributed by atoms with Gasteiger partial charge in [0.05, 0.1) is 24.0 Å². The molecule has 1 saturated heterocycles. The molecule has 2 atom stereocenters. The van der Waals surface area contributed by atoms with Crippen LogP contribution in [0, 0.1) is 11.7 Å². The first-order chi connectivity index (χ1) is 16.1. The molecular weight excluding hydrogens is 506 g/mol. The second kappa shape index (κ2) is 12.2. The van der Waals surface area contributed by atoms with Crippen molar-refractivity contribution < 1.29 is 9.18 Å². The predicted octanol–water partition coefficient (Wildman–Crippen LogP) is 5.42. The van der Waals surface area contributed by atoms with E-state index in [0.29, 0.717) is 25.2 Å². The van der Waals surface area contributed by atoms with E-state index in [1.165, 1.54) is 6.07 Å². The number of thiol groups is 1.